The second-order valence-electron chi connectivity index (χ2n) is 8.62. The van der Waals surface area contributed by atoms with Crippen LogP contribution >= 0.6 is 0 Å². The molecule has 35 heavy (non-hydrogen) atoms. The van der Waals surface area contributed by atoms with Crippen LogP contribution in [0.4, 0.5) is 4.79 Å². The summed E-state index contributed by atoms with van der Waals surface area (Å²) < 4.78 is 0. The molecule has 1 saturated heterocycles. The summed E-state index contributed by atoms with van der Waals surface area (Å²) in [6.45, 7) is 0.847. The average Bonchev–Trinajstić information content (AvgIpc) is 3.35. The van der Waals surface area contributed by atoms with Gasteiger partial charge in [-0.25, -0.2) is 4.79 Å². The zero-order chi connectivity index (χ0) is 24.2. The number of nitrogens with one attached hydrogen (secondary N) is 1. The SMILES string of the molecule is O=C(O)N1CCN(C(=O)c2[nH]nc(-c3ccccc3)c2-c2ccccc2)[C@H](Cc2ccccc2)C1. The first-order valence-corrected chi connectivity index (χ1v) is 11.6. The Morgan fingerprint density at radius 2 is 1.46 bits per heavy atom. The summed E-state index contributed by atoms with van der Waals surface area (Å²) in [6, 6.07) is 29.1. The maximum absolute atomic E-state index is 14.0. The Bertz CT molecular complexity index is 1310. The second kappa shape index (κ2) is 9.85. The van der Waals surface area contributed by atoms with Gasteiger partial charge in [0.05, 0.1) is 6.04 Å². The lowest BCUT2D eigenvalue weighted by Crippen LogP contribution is -2.57. The number of rotatable bonds is 5. The molecule has 2 amide bonds. The van der Waals surface area contributed by atoms with Crippen LogP contribution in [-0.4, -0.2) is 62.8 Å². The van der Waals surface area contributed by atoms with Crippen LogP contribution in [0.25, 0.3) is 22.4 Å². The first kappa shape index (κ1) is 22.4. The summed E-state index contributed by atoms with van der Waals surface area (Å²) in [5.74, 6) is -0.176. The van der Waals surface area contributed by atoms with Crippen LogP contribution in [0.1, 0.15) is 16.1 Å². The lowest BCUT2D eigenvalue weighted by atomic mass is 9.97. The highest BCUT2D eigenvalue weighted by atomic mass is 16.4. The van der Waals surface area contributed by atoms with Crippen molar-refractivity contribution in [2.75, 3.05) is 19.6 Å². The van der Waals surface area contributed by atoms with Gasteiger partial charge in [0.1, 0.15) is 11.4 Å². The summed E-state index contributed by atoms with van der Waals surface area (Å²) >= 11 is 0. The van der Waals surface area contributed by atoms with Crippen molar-refractivity contribution in [1.82, 2.24) is 20.0 Å². The number of piperazine rings is 1. The van der Waals surface area contributed by atoms with Crippen molar-refractivity contribution in [3.8, 4) is 22.4 Å². The lowest BCUT2D eigenvalue weighted by molar-refractivity contribution is 0.0446. The van der Waals surface area contributed by atoms with Gasteiger partial charge >= 0.3 is 6.09 Å². The van der Waals surface area contributed by atoms with E-state index in [0.717, 1.165) is 22.3 Å². The number of carbonyl (C=O) groups excluding carboxylic acids is 1. The van der Waals surface area contributed by atoms with Gasteiger partial charge in [0.15, 0.2) is 0 Å². The van der Waals surface area contributed by atoms with Crippen molar-refractivity contribution in [2.24, 2.45) is 0 Å². The molecule has 5 rings (SSSR count). The smallest absolute Gasteiger partial charge is 0.407 e. The van der Waals surface area contributed by atoms with E-state index < -0.39 is 6.09 Å². The van der Waals surface area contributed by atoms with E-state index in [1.165, 1.54) is 4.90 Å². The van der Waals surface area contributed by atoms with Crippen LogP contribution in [0, 0.1) is 0 Å². The summed E-state index contributed by atoms with van der Waals surface area (Å²) in [7, 11) is 0. The van der Waals surface area contributed by atoms with E-state index in [9.17, 15) is 14.7 Å². The number of amides is 2. The predicted molar refractivity (Wildman–Crippen MR) is 134 cm³/mol. The molecule has 0 spiro atoms. The molecule has 1 aliphatic heterocycles. The fraction of sp³-hybridized carbons (Fsp3) is 0.179. The Labute approximate surface area is 203 Å². The van der Waals surface area contributed by atoms with E-state index in [2.05, 4.69) is 10.2 Å². The van der Waals surface area contributed by atoms with Gasteiger partial charge in [0, 0.05) is 30.8 Å². The van der Waals surface area contributed by atoms with E-state index in [1.54, 1.807) is 4.90 Å². The molecule has 1 aliphatic rings. The molecule has 0 bridgehead atoms. The van der Waals surface area contributed by atoms with Gasteiger partial charge in [-0.05, 0) is 17.5 Å². The van der Waals surface area contributed by atoms with Gasteiger partial charge in [-0.3, -0.25) is 9.89 Å². The number of aromatic amines is 1. The van der Waals surface area contributed by atoms with Gasteiger partial charge in [0.2, 0.25) is 0 Å². The number of aromatic nitrogens is 2. The zero-order valence-corrected chi connectivity index (χ0v) is 19.2. The van der Waals surface area contributed by atoms with E-state index in [-0.39, 0.29) is 25.0 Å². The summed E-state index contributed by atoms with van der Waals surface area (Å²) in [6.07, 6.45) is -0.399. The minimum absolute atomic E-state index is 0.176. The zero-order valence-electron chi connectivity index (χ0n) is 19.2. The van der Waals surface area contributed by atoms with Crippen molar-refractivity contribution >= 4 is 12.0 Å². The Hall–Kier alpha value is -4.39. The third-order valence-electron chi connectivity index (χ3n) is 6.42. The molecule has 3 aromatic carbocycles. The van der Waals surface area contributed by atoms with E-state index in [0.29, 0.717) is 24.4 Å². The molecular formula is C28H26N4O3. The van der Waals surface area contributed by atoms with Gasteiger partial charge in [-0.1, -0.05) is 91.0 Å². The molecule has 4 aromatic rings. The molecule has 0 aliphatic carbocycles. The van der Waals surface area contributed by atoms with Crippen molar-refractivity contribution in [3.63, 3.8) is 0 Å². The lowest BCUT2D eigenvalue weighted by Gasteiger charge is -2.40. The average molecular weight is 467 g/mol. The van der Waals surface area contributed by atoms with Gasteiger partial charge < -0.3 is 14.9 Å². The quantitative estimate of drug-likeness (QED) is 0.443. The molecular weight excluding hydrogens is 440 g/mol. The highest BCUT2D eigenvalue weighted by molar-refractivity contribution is 6.03. The van der Waals surface area contributed by atoms with Crippen molar-refractivity contribution < 1.29 is 14.7 Å². The summed E-state index contributed by atoms with van der Waals surface area (Å²) in [4.78, 5) is 28.9. The number of benzene rings is 3. The molecule has 7 heteroatoms. The number of H-pyrrole nitrogens is 1. The fourth-order valence-corrected chi connectivity index (χ4v) is 4.69. The standard InChI is InChI=1S/C28H26N4O3/c33-27(32-17-16-31(28(34)35)19-23(32)18-20-10-4-1-5-11-20)26-24(21-12-6-2-7-13-21)25(29-30-26)22-14-8-3-9-15-22/h1-15,23H,16-19H2,(H,29,30)(H,34,35)/t23-/m1/s1. The Kier molecular flexibility index (Phi) is 6.30. The monoisotopic (exact) mass is 466 g/mol. The molecule has 1 atom stereocenters. The minimum Gasteiger partial charge on any atom is -0.465 e. The third kappa shape index (κ3) is 4.66. The van der Waals surface area contributed by atoms with Gasteiger partial charge in [-0.15, -0.1) is 0 Å². The van der Waals surface area contributed by atoms with Crippen molar-refractivity contribution in [3.05, 3.63) is 102 Å². The number of hydrogen-bond acceptors (Lipinski definition) is 3. The molecule has 2 heterocycles. The fourth-order valence-electron chi connectivity index (χ4n) is 4.69. The molecule has 176 valence electrons. The molecule has 0 saturated carbocycles. The van der Waals surface area contributed by atoms with Crippen LogP contribution in [0.15, 0.2) is 91.0 Å². The minimum atomic E-state index is -0.965. The van der Waals surface area contributed by atoms with E-state index in [1.807, 2.05) is 91.0 Å². The first-order chi connectivity index (χ1) is 17.1. The maximum atomic E-state index is 14.0. The molecule has 2 N–H and O–H groups in total. The first-order valence-electron chi connectivity index (χ1n) is 11.6. The topological polar surface area (TPSA) is 89.5 Å². The van der Waals surface area contributed by atoms with E-state index in [4.69, 9.17) is 0 Å². The number of nitrogens with zero attached hydrogens (tertiary/aromatic N) is 3. The number of carboxylic acid groups (broad SMARTS) is 1. The normalized spacial score (nSPS) is 15.7. The van der Waals surface area contributed by atoms with E-state index >= 15 is 0 Å². The highest BCUT2D eigenvalue weighted by Crippen LogP contribution is 2.34. The van der Waals surface area contributed by atoms with Crippen molar-refractivity contribution in [2.45, 2.75) is 12.5 Å². The number of carbonyl (C=O) groups is 2. The summed E-state index contributed by atoms with van der Waals surface area (Å²) in [5.41, 5.74) is 4.74. The highest BCUT2D eigenvalue weighted by Gasteiger charge is 2.35. The van der Waals surface area contributed by atoms with Gasteiger partial charge in [0.25, 0.3) is 5.91 Å². The van der Waals surface area contributed by atoms with Crippen LogP contribution < -0.4 is 0 Å². The largest absolute Gasteiger partial charge is 0.465 e. The Morgan fingerprint density at radius 3 is 2.09 bits per heavy atom. The van der Waals surface area contributed by atoms with Gasteiger partial charge in [-0.2, -0.15) is 5.10 Å². The molecule has 1 aromatic heterocycles. The maximum Gasteiger partial charge on any atom is 0.407 e. The van der Waals surface area contributed by atoms with Crippen LogP contribution in [0.5, 0.6) is 0 Å². The number of hydrogen-bond donors (Lipinski definition) is 2. The van der Waals surface area contributed by atoms with Crippen LogP contribution in [0.3, 0.4) is 0 Å². The molecule has 0 unspecified atom stereocenters. The summed E-state index contributed by atoms with van der Waals surface area (Å²) in [5, 5.41) is 17.2. The second-order valence-corrected chi connectivity index (χ2v) is 8.62. The Balaban J connectivity index is 1.54. The Morgan fingerprint density at radius 1 is 0.857 bits per heavy atom. The molecule has 0 radical (unpaired) electrons. The van der Waals surface area contributed by atoms with Crippen molar-refractivity contribution in [1.29, 1.82) is 0 Å². The molecule has 1 fully saturated rings. The molecule has 7 nitrogen and oxygen atoms in total. The predicted octanol–water partition coefficient (Wildman–Crippen LogP) is 4.79. The van der Waals surface area contributed by atoms with Crippen LogP contribution in [0.2, 0.25) is 0 Å². The van der Waals surface area contributed by atoms with Crippen LogP contribution in [-0.2, 0) is 6.42 Å². The third-order valence-corrected chi connectivity index (χ3v) is 6.42.